The molecule has 0 aliphatic carbocycles. The van der Waals surface area contributed by atoms with Crippen molar-refractivity contribution in [2.45, 2.75) is 6.92 Å². The van der Waals surface area contributed by atoms with Gasteiger partial charge in [0.25, 0.3) is 0 Å². The van der Waals surface area contributed by atoms with Gasteiger partial charge in [0.2, 0.25) is 0 Å². The highest BCUT2D eigenvalue weighted by atomic mass is 16.5. The summed E-state index contributed by atoms with van der Waals surface area (Å²) >= 11 is 0. The summed E-state index contributed by atoms with van der Waals surface area (Å²) in [6.07, 6.45) is 3.46. The summed E-state index contributed by atoms with van der Waals surface area (Å²) in [5, 5.41) is 0. The topological polar surface area (TPSA) is 52.1 Å². The van der Waals surface area contributed by atoms with Gasteiger partial charge in [-0.2, -0.15) is 0 Å². The van der Waals surface area contributed by atoms with Gasteiger partial charge >= 0.3 is 5.97 Å². The maximum absolute atomic E-state index is 12.1. The van der Waals surface area contributed by atoms with E-state index >= 15 is 0 Å². The SMILES string of the molecule is CCOC(=O)c1cc(-c2ccccn2)cc(-c2ccccn2)c1. The zero-order valence-corrected chi connectivity index (χ0v) is 12.8. The molecule has 0 radical (unpaired) electrons. The number of nitrogens with zero attached hydrogens (tertiary/aromatic N) is 2. The third-order valence-corrected chi connectivity index (χ3v) is 3.37. The summed E-state index contributed by atoms with van der Waals surface area (Å²) in [5.41, 5.74) is 3.82. The molecule has 4 nitrogen and oxygen atoms in total. The van der Waals surface area contributed by atoms with Gasteiger partial charge in [0.15, 0.2) is 0 Å². The molecule has 0 unspecified atom stereocenters. The van der Waals surface area contributed by atoms with Crippen LogP contribution in [0.1, 0.15) is 17.3 Å². The van der Waals surface area contributed by atoms with E-state index in [2.05, 4.69) is 9.97 Å². The van der Waals surface area contributed by atoms with Gasteiger partial charge < -0.3 is 4.74 Å². The molecular formula is C19H16N2O2. The molecule has 0 bridgehead atoms. The van der Waals surface area contributed by atoms with Crippen LogP contribution in [0.5, 0.6) is 0 Å². The van der Waals surface area contributed by atoms with Crippen LogP contribution in [0, 0.1) is 0 Å². The van der Waals surface area contributed by atoms with E-state index in [0.717, 1.165) is 22.5 Å². The van der Waals surface area contributed by atoms with E-state index in [1.54, 1.807) is 31.5 Å². The Morgan fingerprint density at radius 2 is 1.48 bits per heavy atom. The van der Waals surface area contributed by atoms with Gasteiger partial charge in [0.05, 0.1) is 23.6 Å². The number of benzene rings is 1. The molecule has 23 heavy (non-hydrogen) atoms. The van der Waals surface area contributed by atoms with Crippen LogP contribution in [0.2, 0.25) is 0 Å². The van der Waals surface area contributed by atoms with Crippen molar-refractivity contribution in [2.24, 2.45) is 0 Å². The summed E-state index contributed by atoms with van der Waals surface area (Å²) < 4.78 is 5.13. The smallest absolute Gasteiger partial charge is 0.338 e. The standard InChI is InChI=1S/C19H16N2O2/c1-2-23-19(22)16-12-14(17-7-3-5-9-20-17)11-15(13-16)18-8-4-6-10-21-18/h3-13H,2H2,1H3. The molecular weight excluding hydrogens is 288 g/mol. The fourth-order valence-electron chi connectivity index (χ4n) is 2.32. The van der Waals surface area contributed by atoms with Gasteiger partial charge in [0.1, 0.15) is 0 Å². The zero-order valence-electron chi connectivity index (χ0n) is 12.8. The number of hydrogen-bond acceptors (Lipinski definition) is 4. The minimum atomic E-state index is -0.345. The molecule has 1 aromatic carbocycles. The molecule has 0 atom stereocenters. The van der Waals surface area contributed by atoms with E-state index in [0.29, 0.717) is 12.2 Å². The number of esters is 1. The normalized spacial score (nSPS) is 10.3. The molecule has 3 aromatic rings. The van der Waals surface area contributed by atoms with E-state index in [4.69, 9.17) is 4.74 Å². The number of aromatic nitrogens is 2. The molecule has 0 amide bonds. The minimum absolute atomic E-state index is 0.339. The Morgan fingerprint density at radius 1 is 0.913 bits per heavy atom. The van der Waals surface area contributed by atoms with Crippen LogP contribution in [0.3, 0.4) is 0 Å². The molecule has 0 saturated carbocycles. The fourth-order valence-corrected chi connectivity index (χ4v) is 2.32. The largest absolute Gasteiger partial charge is 0.462 e. The molecule has 0 saturated heterocycles. The van der Waals surface area contributed by atoms with Crippen molar-refractivity contribution in [3.8, 4) is 22.5 Å². The first-order valence-electron chi connectivity index (χ1n) is 7.43. The summed E-state index contributed by atoms with van der Waals surface area (Å²) in [5.74, 6) is -0.345. The van der Waals surface area contributed by atoms with Crippen molar-refractivity contribution < 1.29 is 9.53 Å². The lowest BCUT2D eigenvalue weighted by atomic mass is 10.0. The van der Waals surface area contributed by atoms with Crippen molar-refractivity contribution in [2.75, 3.05) is 6.61 Å². The molecule has 2 heterocycles. The predicted molar refractivity (Wildman–Crippen MR) is 88.9 cm³/mol. The molecule has 0 aliphatic rings. The second-order valence-corrected chi connectivity index (χ2v) is 4.95. The monoisotopic (exact) mass is 304 g/mol. The number of ether oxygens (including phenoxy) is 1. The summed E-state index contributed by atoms with van der Waals surface area (Å²) in [6.45, 7) is 2.13. The van der Waals surface area contributed by atoms with Crippen LogP contribution in [0.25, 0.3) is 22.5 Å². The minimum Gasteiger partial charge on any atom is -0.462 e. The lowest BCUT2D eigenvalue weighted by Crippen LogP contribution is -2.05. The van der Waals surface area contributed by atoms with Crippen LogP contribution in [-0.4, -0.2) is 22.5 Å². The number of carbonyl (C=O) groups is 1. The van der Waals surface area contributed by atoms with Gasteiger partial charge in [-0.3, -0.25) is 9.97 Å². The Balaban J connectivity index is 2.13. The van der Waals surface area contributed by atoms with Gasteiger partial charge in [-0.05, 0) is 49.4 Å². The second kappa shape index (κ2) is 6.83. The number of hydrogen-bond donors (Lipinski definition) is 0. The molecule has 0 aliphatic heterocycles. The lowest BCUT2D eigenvalue weighted by molar-refractivity contribution is 0.0526. The summed E-state index contributed by atoms with van der Waals surface area (Å²) in [7, 11) is 0. The molecule has 0 fully saturated rings. The van der Waals surface area contributed by atoms with Gasteiger partial charge in [-0.1, -0.05) is 12.1 Å². The Bertz CT molecular complexity index is 744. The van der Waals surface area contributed by atoms with Crippen LogP contribution < -0.4 is 0 Å². The molecule has 4 heteroatoms. The van der Waals surface area contributed by atoms with E-state index in [1.165, 1.54) is 0 Å². The van der Waals surface area contributed by atoms with Crippen molar-refractivity contribution in [1.82, 2.24) is 9.97 Å². The second-order valence-electron chi connectivity index (χ2n) is 4.95. The third-order valence-electron chi connectivity index (χ3n) is 3.37. The van der Waals surface area contributed by atoms with Crippen molar-refractivity contribution in [3.05, 3.63) is 72.6 Å². The highest BCUT2D eigenvalue weighted by Gasteiger charge is 2.12. The number of carbonyl (C=O) groups excluding carboxylic acids is 1. The number of pyridine rings is 2. The maximum Gasteiger partial charge on any atom is 0.338 e. The van der Waals surface area contributed by atoms with Crippen LogP contribution in [-0.2, 0) is 4.74 Å². The molecule has 114 valence electrons. The van der Waals surface area contributed by atoms with E-state index in [9.17, 15) is 4.79 Å². The van der Waals surface area contributed by atoms with Gasteiger partial charge in [0, 0.05) is 23.5 Å². The molecule has 3 rings (SSSR count). The van der Waals surface area contributed by atoms with Crippen molar-refractivity contribution in [1.29, 1.82) is 0 Å². The maximum atomic E-state index is 12.1. The Morgan fingerprint density at radius 3 is 1.91 bits per heavy atom. The molecule has 0 N–H and O–H groups in total. The lowest BCUT2D eigenvalue weighted by Gasteiger charge is -2.09. The van der Waals surface area contributed by atoms with E-state index in [-0.39, 0.29) is 5.97 Å². The van der Waals surface area contributed by atoms with Gasteiger partial charge in [-0.15, -0.1) is 0 Å². The first-order chi connectivity index (χ1) is 11.3. The average Bonchev–Trinajstić information content (AvgIpc) is 2.63. The fraction of sp³-hybridized carbons (Fsp3) is 0.105. The summed E-state index contributed by atoms with van der Waals surface area (Å²) in [4.78, 5) is 20.9. The highest BCUT2D eigenvalue weighted by Crippen LogP contribution is 2.26. The Labute approximate surface area is 134 Å². The number of rotatable bonds is 4. The molecule has 2 aromatic heterocycles. The van der Waals surface area contributed by atoms with Crippen molar-refractivity contribution in [3.63, 3.8) is 0 Å². The van der Waals surface area contributed by atoms with Crippen LogP contribution in [0.4, 0.5) is 0 Å². The van der Waals surface area contributed by atoms with Crippen LogP contribution >= 0.6 is 0 Å². The predicted octanol–water partition coefficient (Wildman–Crippen LogP) is 3.99. The van der Waals surface area contributed by atoms with E-state index in [1.807, 2.05) is 42.5 Å². The zero-order chi connectivity index (χ0) is 16.1. The Hall–Kier alpha value is -3.01. The highest BCUT2D eigenvalue weighted by molar-refractivity contribution is 5.93. The van der Waals surface area contributed by atoms with E-state index < -0.39 is 0 Å². The average molecular weight is 304 g/mol. The van der Waals surface area contributed by atoms with Gasteiger partial charge in [-0.25, -0.2) is 4.79 Å². The Kier molecular flexibility index (Phi) is 4.43. The van der Waals surface area contributed by atoms with Crippen LogP contribution in [0.15, 0.2) is 67.0 Å². The quantitative estimate of drug-likeness (QED) is 0.684. The first-order valence-corrected chi connectivity index (χ1v) is 7.43. The van der Waals surface area contributed by atoms with Crippen molar-refractivity contribution >= 4 is 5.97 Å². The summed E-state index contributed by atoms with van der Waals surface area (Å²) in [6, 6.07) is 16.9. The molecule has 0 spiro atoms. The first kappa shape index (κ1) is 14.9. The third kappa shape index (κ3) is 3.43.